The van der Waals surface area contributed by atoms with Crippen LogP contribution in [0.3, 0.4) is 0 Å². The van der Waals surface area contributed by atoms with Crippen LogP contribution in [-0.2, 0) is 0 Å². The molecule has 27 heavy (non-hydrogen) atoms. The highest BCUT2D eigenvalue weighted by atomic mass is 16.5. The maximum absolute atomic E-state index is 12.4. The minimum atomic E-state index is -0.314. The first-order valence-electron chi connectivity index (χ1n) is 10.1. The van der Waals surface area contributed by atoms with Crippen molar-refractivity contribution in [3.63, 3.8) is 0 Å². The second-order valence-corrected chi connectivity index (χ2v) is 7.50. The molecule has 0 saturated heterocycles. The highest BCUT2D eigenvalue weighted by Crippen LogP contribution is 2.32. The maximum Gasteiger partial charge on any atom is 0.322 e. The number of aromatic nitrogens is 3. The van der Waals surface area contributed by atoms with Crippen molar-refractivity contribution in [1.29, 1.82) is 0 Å². The molecule has 2 aromatic heterocycles. The van der Waals surface area contributed by atoms with Crippen LogP contribution in [0.2, 0.25) is 0 Å². The summed E-state index contributed by atoms with van der Waals surface area (Å²) in [5.74, 6) is 1.19. The Morgan fingerprint density at radius 2 is 1.74 bits per heavy atom. The number of amides is 1. The summed E-state index contributed by atoms with van der Waals surface area (Å²) in [5.41, 5.74) is 0.434. The van der Waals surface area contributed by atoms with E-state index in [0.29, 0.717) is 23.3 Å². The van der Waals surface area contributed by atoms with E-state index in [-0.39, 0.29) is 18.0 Å². The maximum atomic E-state index is 12.4. The van der Waals surface area contributed by atoms with Gasteiger partial charge in [-0.15, -0.1) is 5.10 Å². The molecule has 2 aromatic rings. The van der Waals surface area contributed by atoms with E-state index in [1.807, 2.05) is 0 Å². The number of carbonyl (C=O) groups is 1. The van der Waals surface area contributed by atoms with E-state index in [1.165, 1.54) is 44.7 Å². The summed E-state index contributed by atoms with van der Waals surface area (Å²) >= 11 is 0. The van der Waals surface area contributed by atoms with E-state index < -0.39 is 0 Å². The summed E-state index contributed by atoms with van der Waals surface area (Å²) in [7, 11) is 0. The van der Waals surface area contributed by atoms with Gasteiger partial charge in [-0.25, -0.2) is 4.98 Å². The quantitative estimate of drug-likeness (QED) is 0.835. The predicted octanol–water partition coefficient (Wildman–Crippen LogP) is 4.48. The van der Waals surface area contributed by atoms with Crippen molar-refractivity contribution in [3.8, 4) is 5.88 Å². The second kappa shape index (κ2) is 8.50. The summed E-state index contributed by atoms with van der Waals surface area (Å²) in [5, 5.41) is 10.7. The summed E-state index contributed by atoms with van der Waals surface area (Å²) in [4.78, 5) is 16.6. The number of hydrogen-bond acceptors (Lipinski definition) is 6. The zero-order chi connectivity index (χ0) is 18.5. The molecule has 4 rings (SSSR count). The average molecular weight is 370 g/mol. The number of nitrogens with zero attached hydrogens (tertiary/aromatic N) is 3. The van der Waals surface area contributed by atoms with Crippen molar-refractivity contribution in [3.05, 3.63) is 29.8 Å². The first kappa shape index (κ1) is 17.9. The van der Waals surface area contributed by atoms with Gasteiger partial charge in [-0.05, 0) is 44.6 Å². The zero-order valence-corrected chi connectivity index (χ0v) is 15.5. The summed E-state index contributed by atoms with van der Waals surface area (Å²) < 4.78 is 11.5. The molecule has 1 N–H and O–H groups in total. The number of rotatable bonds is 5. The van der Waals surface area contributed by atoms with Crippen LogP contribution in [-0.4, -0.2) is 27.2 Å². The fourth-order valence-corrected chi connectivity index (χ4v) is 3.91. The Labute approximate surface area is 158 Å². The number of hydrogen-bond donors (Lipinski definition) is 1. The van der Waals surface area contributed by atoms with Crippen molar-refractivity contribution in [1.82, 2.24) is 15.2 Å². The molecule has 2 saturated carbocycles. The number of pyridine rings is 1. The van der Waals surface area contributed by atoms with Crippen LogP contribution in [0.1, 0.15) is 86.4 Å². The standard InChI is InChI=1S/C20H26N4O3/c25-18(22-20-24-23-19(27-20)14-7-3-1-4-8-14)15-11-12-17(21-13-15)26-16-9-5-2-6-10-16/h11-14,16H,1-10H2,(H,22,24,25). The van der Waals surface area contributed by atoms with E-state index in [0.717, 1.165) is 25.7 Å². The number of ether oxygens (including phenoxy) is 1. The van der Waals surface area contributed by atoms with Gasteiger partial charge in [0.05, 0.1) is 5.56 Å². The molecule has 144 valence electrons. The van der Waals surface area contributed by atoms with Gasteiger partial charge in [0.1, 0.15) is 6.10 Å². The topological polar surface area (TPSA) is 90.1 Å². The molecule has 7 nitrogen and oxygen atoms in total. The summed E-state index contributed by atoms with van der Waals surface area (Å²) in [6, 6.07) is 3.59. The van der Waals surface area contributed by atoms with E-state index in [4.69, 9.17) is 9.15 Å². The van der Waals surface area contributed by atoms with Crippen LogP contribution in [0.5, 0.6) is 5.88 Å². The first-order chi connectivity index (χ1) is 13.3. The molecule has 7 heteroatoms. The lowest BCUT2D eigenvalue weighted by molar-refractivity contribution is 0.102. The molecule has 2 aliphatic carbocycles. The minimum absolute atomic E-state index is 0.142. The highest BCUT2D eigenvalue weighted by molar-refractivity contribution is 6.02. The third kappa shape index (κ3) is 4.64. The van der Waals surface area contributed by atoms with Crippen LogP contribution in [0.15, 0.2) is 22.7 Å². The minimum Gasteiger partial charge on any atom is -0.474 e. The van der Waals surface area contributed by atoms with Crippen molar-refractivity contribution in [2.24, 2.45) is 0 Å². The zero-order valence-electron chi connectivity index (χ0n) is 15.5. The predicted molar refractivity (Wildman–Crippen MR) is 99.8 cm³/mol. The van der Waals surface area contributed by atoms with Crippen molar-refractivity contribution in [2.45, 2.75) is 76.2 Å². The van der Waals surface area contributed by atoms with Crippen molar-refractivity contribution < 1.29 is 13.9 Å². The van der Waals surface area contributed by atoms with Crippen molar-refractivity contribution in [2.75, 3.05) is 5.32 Å². The van der Waals surface area contributed by atoms with Crippen LogP contribution in [0.25, 0.3) is 0 Å². The average Bonchev–Trinajstić information content (AvgIpc) is 3.18. The monoisotopic (exact) mass is 370 g/mol. The fourth-order valence-electron chi connectivity index (χ4n) is 3.91. The molecule has 0 atom stereocenters. The molecule has 0 aliphatic heterocycles. The number of carbonyl (C=O) groups excluding carboxylic acids is 1. The van der Waals surface area contributed by atoms with Gasteiger partial charge in [-0.2, -0.15) is 0 Å². The molecule has 1 amide bonds. The van der Waals surface area contributed by atoms with E-state index >= 15 is 0 Å². The Morgan fingerprint density at radius 1 is 1.00 bits per heavy atom. The molecule has 0 aromatic carbocycles. The Bertz CT molecular complexity index is 747. The molecule has 2 heterocycles. The van der Waals surface area contributed by atoms with Gasteiger partial charge in [-0.3, -0.25) is 10.1 Å². The van der Waals surface area contributed by atoms with Crippen molar-refractivity contribution >= 4 is 11.9 Å². The molecule has 2 aliphatic rings. The van der Waals surface area contributed by atoms with Crippen LogP contribution in [0.4, 0.5) is 6.01 Å². The second-order valence-electron chi connectivity index (χ2n) is 7.50. The fraction of sp³-hybridized carbons (Fsp3) is 0.600. The van der Waals surface area contributed by atoms with Gasteiger partial charge >= 0.3 is 6.01 Å². The third-order valence-corrected chi connectivity index (χ3v) is 5.45. The van der Waals surface area contributed by atoms with Gasteiger partial charge < -0.3 is 9.15 Å². The molecule has 2 fully saturated rings. The molecular weight excluding hydrogens is 344 g/mol. The summed E-state index contributed by atoms with van der Waals surface area (Å²) in [6.07, 6.45) is 13.4. The smallest absolute Gasteiger partial charge is 0.322 e. The molecule has 0 radical (unpaired) electrons. The Balaban J connectivity index is 1.33. The van der Waals surface area contributed by atoms with Crippen LogP contribution in [0, 0.1) is 0 Å². The molecule has 0 unspecified atom stereocenters. The number of anilines is 1. The lowest BCUT2D eigenvalue weighted by Crippen LogP contribution is -2.20. The lowest BCUT2D eigenvalue weighted by Gasteiger charge is -2.22. The molecule has 0 bridgehead atoms. The largest absolute Gasteiger partial charge is 0.474 e. The third-order valence-electron chi connectivity index (χ3n) is 5.45. The van der Waals surface area contributed by atoms with E-state index in [9.17, 15) is 4.79 Å². The van der Waals surface area contributed by atoms with Gasteiger partial charge in [-0.1, -0.05) is 30.8 Å². The Kier molecular flexibility index (Phi) is 5.65. The normalized spacial score (nSPS) is 19.0. The van der Waals surface area contributed by atoms with Crippen LogP contribution >= 0.6 is 0 Å². The number of nitrogens with one attached hydrogen (secondary N) is 1. The Hall–Kier alpha value is -2.44. The van der Waals surface area contributed by atoms with Gasteiger partial charge in [0, 0.05) is 18.2 Å². The molecular formula is C20H26N4O3. The van der Waals surface area contributed by atoms with E-state index in [2.05, 4.69) is 20.5 Å². The van der Waals surface area contributed by atoms with Gasteiger partial charge in [0.2, 0.25) is 11.8 Å². The van der Waals surface area contributed by atoms with Gasteiger partial charge in [0.25, 0.3) is 5.91 Å². The van der Waals surface area contributed by atoms with E-state index in [1.54, 1.807) is 12.1 Å². The van der Waals surface area contributed by atoms with Crippen LogP contribution < -0.4 is 10.1 Å². The summed E-state index contributed by atoms with van der Waals surface area (Å²) in [6.45, 7) is 0. The SMILES string of the molecule is O=C(Nc1nnc(C2CCCCC2)o1)c1ccc(OC2CCCCC2)nc1. The Morgan fingerprint density at radius 3 is 2.44 bits per heavy atom. The lowest BCUT2D eigenvalue weighted by atomic mass is 9.89. The first-order valence-corrected chi connectivity index (χ1v) is 10.1. The van der Waals surface area contributed by atoms with Gasteiger partial charge in [0.15, 0.2) is 0 Å². The highest BCUT2D eigenvalue weighted by Gasteiger charge is 2.22. The molecule has 0 spiro atoms.